The Morgan fingerprint density at radius 3 is 2.33 bits per heavy atom. The Bertz CT molecular complexity index is 203. The van der Waals surface area contributed by atoms with Gasteiger partial charge in [0.1, 0.15) is 0 Å². The summed E-state index contributed by atoms with van der Waals surface area (Å²) < 4.78 is 5.61. The number of hydrogen-bond donors (Lipinski definition) is 1. The first-order valence-electron chi connectivity index (χ1n) is 7.45. The van der Waals surface area contributed by atoms with E-state index in [0.29, 0.717) is 12.1 Å². The summed E-state index contributed by atoms with van der Waals surface area (Å²) in [5.74, 6) is 0. The van der Waals surface area contributed by atoms with Crippen molar-refractivity contribution < 1.29 is 4.74 Å². The predicted molar refractivity (Wildman–Crippen MR) is 76.9 cm³/mol. The molecule has 0 bridgehead atoms. The molecule has 4 nitrogen and oxygen atoms in total. The maximum atomic E-state index is 5.68. The average molecular weight is 257 g/mol. The van der Waals surface area contributed by atoms with Gasteiger partial charge in [0, 0.05) is 38.8 Å². The Hall–Kier alpha value is -0.160. The Kier molecular flexibility index (Phi) is 7.82. The molecule has 1 aliphatic rings. The van der Waals surface area contributed by atoms with Crippen molar-refractivity contribution in [2.75, 3.05) is 45.9 Å². The standard InChI is InChI=1S/C14H31N3O/c1-4-14(5-6-15)17-9-7-16(8-10-17)11-12-18-13(2)3/h13-14H,4-12,15H2,1-3H3. The average Bonchev–Trinajstić information content (AvgIpc) is 2.36. The van der Waals surface area contributed by atoms with Crippen molar-refractivity contribution in [2.24, 2.45) is 5.73 Å². The Labute approximate surface area is 112 Å². The summed E-state index contributed by atoms with van der Waals surface area (Å²) in [5.41, 5.74) is 5.68. The summed E-state index contributed by atoms with van der Waals surface area (Å²) in [6, 6.07) is 0.684. The number of piperazine rings is 1. The van der Waals surface area contributed by atoms with E-state index in [2.05, 4.69) is 30.6 Å². The summed E-state index contributed by atoms with van der Waals surface area (Å²) in [6.45, 7) is 13.9. The summed E-state index contributed by atoms with van der Waals surface area (Å²) in [7, 11) is 0. The normalized spacial score (nSPS) is 20.5. The molecule has 4 heteroatoms. The Morgan fingerprint density at radius 2 is 1.83 bits per heavy atom. The van der Waals surface area contributed by atoms with Crippen LogP contribution in [-0.2, 0) is 4.74 Å². The van der Waals surface area contributed by atoms with Gasteiger partial charge in [-0.1, -0.05) is 6.92 Å². The first kappa shape index (κ1) is 15.9. The molecule has 0 aromatic heterocycles. The molecule has 0 amide bonds. The minimum Gasteiger partial charge on any atom is -0.377 e. The summed E-state index contributed by atoms with van der Waals surface area (Å²) in [4.78, 5) is 5.11. The first-order valence-corrected chi connectivity index (χ1v) is 7.45. The Morgan fingerprint density at radius 1 is 1.17 bits per heavy atom. The minimum atomic E-state index is 0.348. The molecule has 1 saturated heterocycles. The van der Waals surface area contributed by atoms with Crippen LogP contribution in [0.25, 0.3) is 0 Å². The van der Waals surface area contributed by atoms with E-state index >= 15 is 0 Å². The van der Waals surface area contributed by atoms with Crippen molar-refractivity contribution in [1.82, 2.24) is 9.80 Å². The molecule has 1 aliphatic heterocycles. The van der Waals surface area contributed by atoms with Gasteiger partial charge in [-0.05, 0) is 33.2 Å². The fraction of sp³-hybridized carbons (Fsp3) is 1.00. The van der Waals surface area contributed by atoms with Gasteiger partial charge in [-0.25, -0.2) is 0 Å². The molecule has 0 aliphatic carbocycles. The highest BCUT2D eigenvalue weighted by Gasteiger charge is 2.21. The molecule has 1 atom stereocenters. The van der Waals surface area contributed by atoms with Crippen LogP contribution in [0.3, 0.4) is 0 Å². The molecule has 0 aromatic rings. The van der Waals surface area contributed by atoms with Crippen molar-refractivity contribution in [2.45, 2.75) is 45.8 Å². The van der Waals surface area contributed by atoms with Crippen LogP contribution in [0.15, 0.2) is 0 Å². The fourth-order valence-corrected chi connectivity index (χ4v) is 2.61. The van der Waals surface area contributed by atoms with Gasteiger partial charge in [-0.15, -0.1) is 0 Å². The van der Waals surface area contributed by atoms with Crippen LogP contribution in [0, 0.1) is 0 Å². The van der Waals surface area contributed by atoms with Crippen LogP contribution < -0.4 is 5.73 Å². The molecule has 1 unspecified atom stereocenters. The predicted octanol–water partition coefficient (Wildman–Crippen LogP) is 1.16. The van der Waals surface area contributed by atoms with Crippen molar-refractivity contribution in [1.29, 1.82) is 0 Å². The molecule has 0 radical (unpaired) electrons. The molecule has 2 N–H and O–H groups in total. The summed E-state index contributed by atoms with van der Waals surface area (Å²) >= 11 is 0. The zero-order chi connectivity index (χ0) is 13.4. The zero-order valence-corrected chi connectivity index (χ0v) is 12.4. The molecule has 0 saturated carbocycles. The SMILES string of the molecule is CCC(CCN)N1CCN(CCOC(C)C)CC1. The van der Waals surface area contributed by atoms with Gasteiger partial charge < -0.3 is 10.5 Å². The quantitative estimate of drug-likeness (QED) is 0.708. The third kappa shape index (κ3) is 5.65. The first-order chi connectivity index (χ1) is 8.67. The van der Waals surface area contributed by atoms with E-state index in [1.807, 2.05) is 0 Å². The van der Waals surface area contributed by atoms with E-state index in [-0.39, 0.29) is 0 Å². The highest BCUT2D eigenvalue weighted by Crippen LogP contribution is 2.11. The number of hydrogen-bond acceptors (Lipinski definition) is 4. The summed E-state index contributed by atoms with van der Waals surface area (Å²) in [5, 5.41) is 0. The molecule has 0 spiro atoms. The van der Waals surface area contributed by atoms with Crippen LogP contribution in [-0.4, -0.2) is 67.8 Å². The highest BCUT2D eigenvalue weighted by molar-refractivity contribution is 4.78. The summed E-state index contributed by atoms with van der Waals surface area (Å²) in [6.07, 6.45) is 2.70. The van der Waals surface area contributed by atoms with E-state index in [1.54, 1.807) is 0 Å². The lowest BCUT2D eigenvalue weighted by Gasteiger charge is -2.39. The number of rotatable bonds is 8. The lowest BCUT2D eigenvalue weighted by atomic mass is 10.1. The third-order valence-electron chi connectivity index (χ3n) is 3.75. The van der Waals surface area contributed by atoms with Crippen LogP contribution >= 0.6 is 0 Å². The lowest BCUT2D eigenvalue weighted by Crippen LogP contribution is -2.51. The topological polar surface area (TPSA) is 41.7 Å². The van der Waals surface area contributed by atoms with Crippen LogP contribution in [0.2, 0.25) is 0 Å². The van der Waals surface area contributed by atoms with Crippen molar-refractivity contribution in [3.05, 3.63) is 0 Å². The molecular formula is C14H31N3O. The van der Waals surface area contributed by atoms with E-state index in [1.165, 1.54) is 32.6 Å². The number of nitrogens with zero attached hydrogens (tertiary/aromatic N) is 2. The van der Waals surface area contributed by atoms with Crippen molar-refractivity contribution >= 4 is 0 Å². The van der Waals surface area contributed by atoms with E-state index in [9.17, 15) is 0 Å². The Balaban J connectivity index is 2.19. The smallest absolute Gasteiger partial charge is 0.0596 e. The van der Waals surface area contributed by atoms with Crippen LogP contribution in [0.1, 0.15) is 33.6 Å². The second-order valence-electron chi connectivity index (χ2n) is 5.44. The molecule has 1 fully saturated rings. The van der Waals surface area contributed by atoms with Gasteiger partial charge >= 0.3 is 0 Å². The van der Waals surface area contributed by atoms with Crippen molar-refractivity contribution in [3.63, 3.8) is 0 Å². The zero-order valence-electron chi connectivity index (χ0n) is 12.4. The molecule has 108 valence electrons. The van der Waals surface area contributed by atoms with Gasteiger partial charge in [0.05, 0.1) is 12.7 Å². The maximum Gasteiger partial charge on any atom is 0.0596 e. The molecule has 18 heavy (non-hydrogen) atoms. The second kappa shape index (κ2) is 8.86. The van der Waals surface area contributed by atoms with E-state index in [4.69, 9.17) is 10.5 Å². The largest absolute Gasteiger partial charge is 0.377 e. The number of ether oxygens (including phenoxy) is 1. The minimum absolute atomic E-state index is 0.348. The van der Waals surface area contributed by atoms with Gasteiger partial charge in [0.25, 0.3) is 0 Å². The van der Waals surface area contributed by atoms with Crippen LogP contribution in [0.4, 0.5) is 0 Å². The van der Waals surface area contributed by atoms with E-state index in [0.717, 1.165) is 26.1 Å². The lowest BCUT2D eigenvalue weighted by molar-refractivity contribution is 0.0364. The van der Waals surface area contributed by atoms with Crippen molar-refractivity contribution in [3.8, 4) is 0 Å². The van der Waals surface area contributed by atoms with Gasteiger partial charge in [0.2, 0.25) is 0 Å². The molecule has 1 rings (SSSR count). The maximum absolute atomic E-state index is 5.68. The van der Waals surface area contributed by atoms with E-state index < -0.39 is 0 Å². The van der Waals surface area contributed by atoms with Gasteiger partial charge in [-0.2, -0.15) is 0 Å². The number of nitrogens with two attached hydrogens (primary N) is 1. The van der Waals surface area contributed by atoms with Gasteiger partial charge in [-0.3, -0.25) is 9.80 Å². The molecule has 1 heterocycles. The molecular weight excluding hydrogens is 226 g/mol. The highest BCUT2D eigenvalue weighted by atomic mass is 16.5. The monoisotopic (exact) mass is 257 g/mol. The van der Waals surface area contributed by atoms with Crippen LogP contribution in [0.5, 0.6) is 0 Å². The second-order valence-corrected chi connectivity index (χ2v) is 5.44. The fourth-order valence-electron chi connectivity index (χ4n) is 2.61. The molecule has 0 aromatic carbocycles. The third-order valence-corrected chi connectivity index (χ3v) is 3.75. The van der Waals surface area contributed by atoms with Gasteiger partial charge in [0.15, 0.2) is 0 Å².